The molecule has 3 aliphatic rings. The van der Waals surface area contributed by atoms with E-state index in [1.807, 2.05) is 0 Å². The Balaban J connectivity index is 1.53. The van der Waals surface area contributed by atoms with Gasteiger partial charge in [-0.15, -0.1) is 0 Å². The monoisotopic (exact) mass is 360 g/mol. The summed E-state index contributed by atoms with van der Waals surface area (Å²) in [5.41, 5.74) is 5.98. The minimum atomic E-state index is 0.573. The highest BCUT2D eigenvalue weighted by Crippen LogP contribution is 2.65. The molecular formula is C25H32Si. The minimum absolute atomic E-state index is 0.573. The molecule has 0 spiro atoms. The molecule has 2 bridgehead atoms. The first-order valence-corrected chi connectivity index (χ1v) is 11.4. The van der Waals surface area contributed by atoms with Crippen LogP contribution in [-0.4, -0.2) is 9.52 Å². The number of rotatable bonds is 5. The van der Waals surface area contributed by atoms with Crippen LogP contribution in [0.25, 0.3) is 0 Å². The molecule has 0 aromatic heterocycles. The molecule has 3 aliphatic carbocycles. The van der Waals surface area contributed by atoms with Crippen LogP contribution in [0.5, 0.6) is 0 Å². The molecule has 0 heterocycles. The fraction of sp³-hybridized carbons (Fsp3) is 0.520. The van der Waals surface area contributed by atoms with Crippen LogP contribution in [0.2, 0.25) is 5.54 Å². The largest absolute Gasteiger partial charge is 0.0849 e. The minimum Gasteiger partial charge on any atom is -0.0633 e. The van der Waals surface area contributed by atoms with Crippen LogP contribution in [0.3, 0.4) is 0 Å². The predicted molar refractivity (Wildman–Crippen MR) is 113 cm³/mol. The summed E-state index contributed by atoms with van der Waals surface area (Å²) in [6.07, 6.45) is 5.55. The average Bonchev–Trinajstić information content (AvgIpc) is 2.65. The Morgan fingerprint density at radius 1 is 0.962 bits per heavy atom. The predicted octanol–water partition coefficient (Wildman–Crippen LogP) is 5.74. The van der Waals surface area contributed by atoms with Crippen LogP contribution in [0.15, 0.2) is 48.5 Å². The van der Waals surface area contributed by atoms with Crippen LogP contribution >= 0.6 is 0 Å². The van der Waals surface area contributed by atoms with E-state index in [-0.39, 0.29) is 0 Å². The molecule has 26 heavy (non-hydrogen) atoms. The maximum absolute atomic E-state index is 2.54. The van der Waals surface area contributed by atoms with Gasteiger partial charge >= 0.3 is 0 Å². The van der Waals surface area contributed by atoms with Gasteiger partial charge in [0, 0.05) is 0 Å². The Morgan fingerprint density at radius 2 is 1.73 bits per heavy atom. The van der Waals surface area contributed by atoms with Crippen molar-refractivity contribution >= 4 is 14.7 Å². The Hall–Kier alpha value is -1.34. The first-order chi connectivity index (χ1) is 12.5. The molecule has 2 radical (unpaired) electrons. The van der Waals surface area contributed by atoms with Gasteiger partial charge in [0.1, 0.15) is 0 Å². The first-order valence-electron chi connectivity index (χ1n) is 10.3. The summed E-state index contributed by atoms with van der Waals surface area (Å²) in [5, 5.41) is 1.62. The summed E-state index contributed by atoms with van der Waals surface area (Å²) in [6, 6.07) is 18.0. The molecule has 0 aliphatic heterocycles. The zero-order valence-corrected chi connectivity index (χ0v) is 17.8. The second kappa shape index (κ2) is 7.00. The van der Waals surface area contributed by atoms with E-state index in [1.165, 1.54) is 42.4 Å². The molecule has 3 saturated carbocycles. The summed E-state index contributed by atoms with van der Waals surface area (Å²) in [5.74, 6) is 2.80. The Labute approximate surface area is 162 Å². The van der Waals surface area contributed by atoms with Gasteiger partial charge in [-0.2, -0.15) is 0 Å². The Morgan fingerprint density at radius 3 is 2.46 bits per heavy atom. The lowest BCUT2D eigenvalue weighted by Crippen LogP contribution is -2.55. The number of fused-ring (bicyclic) bond motifs is 2. The maximum atomic E-state index is 2.54. The van der Waals surface area contributed by atoms with Gasteiger partial charge in [0.25, 0.3) is 0 Å². The Kier molecular flexibility index (Phi) is 4.86. The molecular weight excluding hydrogens is 328 g/mol. The lowest BCUT2D eigenvalue weighted by atomic mass is 9.45. The molecule has 3 fully saturated rings. The summed E-state index contributed by atoms with van der Waals surface area (Å²) in [7, 11) is 0.989. The topological polar surface area (TPSA) is 0 Å². The summed E-state index contributed by atoms with van der Waals surface area (Å²) in [6.45, 7) is 9.67. The van der Waals surface area contributed by atoms with E-state index >= 15 is 0 Å². The van der Waals surface area contributed by atoms with Crippen molar-refractivity contribution in [2.24, 2.45) is 23.2 Å². The van der Waals surface area contributed by atoms with E-state index in [2.05, 4.69) is 76.2 Å². The molecule has 2 aromatic carbocycles. The smallest absolute Gasteiger partial charge is 0.0633 e. The summed E-state index contributed by atoms with van der Waals surface area (Å²) < 4.78 is 0. The number of hydrogen-bond acceptors (Lipinski definition) is 0. The third-order valence-electron chi connectivity index (χ3n) is 7.67. The van der Waals surface area contributed by atoms with Crippen molar-refractivity contribution in [1.82, 2.24) is 0 Å². The molecule has 5 rings (SSSR count). The highest BCUT2D eigenvalue weighted by Gasteiger charge is 2.57. The normalized spacial score (nSPS) is 29.2. The fourth-order valence-electron chi connectivity index (χ4n) is 5.60. The van der Waals surface area contributed by atoms with Crippen LogP contribution in [0, 0.1) is 37.0 Å². The van der Waals surface area contributed by atoms with Gasteiger partial charge in [-0.1, -0.05) is 67.6 Å². The molecule has 136 valence electrons. The van der Waals surface area contributed by atoms with Gasteiger partial charge in [-0.25, -0.2) is 0 Å². The molecule has 0 nitrogen and oxygen atoms in total. The van der Waals surface area contributed by atoms with Crippen molar-refractivity contribution in [2.45, 2.75) is 58.9 Å². The highest BCUT2D eigenvalue weighted by molar-refractivity contribution is 6.55. The zero-order valence-electron chi connectivity index (χ0n) is 16.8. The lowest BCUT2D eigenvalue weighted by molar-refractivity contribution is -0.106. The van der Waals surface area contributed by atoms with Gasteiger partial charge in [-0.3, -0.25) is 0 Å². The molecule has 1 heteroatoms. The van der Waals surface area contributed by atoms with E-state index in [9.17, 15) is 0 Å². The third-order valence-corrected chi connectivity index (χ3v) is 9.56. The van der Waals surface area contributed by atoms with Crippen molar-refractivity contribution < 1.29 is 0 Å². The lowest BCUT2D eigenvalue weighted by Gasteiger charge is -2.63. The van der Waals surface area contributed by atoms with Gasteiger partial charge in [-0.05, 0) is 84.9 Å². The second-order valence-corrected chi connectivity index (χ2v) is 10.9. The van der Waals surface area contributed by atoms with E-state index in [4.69, 9.17) is 0 Å². The molecule has 0 amide bonds. The van der Waals surface area contributed by atoms with E-state index in [0.717, 1.165) is 32.8 Å². The van der Waals surface area contributed by atoms with Gasteiger partial charge in [0.2, 0.25) is 0 Å². The molecule has 2 aromatic rings. The van der Waals surface area contributed by atoms with Crippen molar-refractivity contribution in [3.63, 3.8) is 0 Å². The van der Waals surface area contributed by atoms with E-state index in [1.54, 1.807) is 5.19 Å². The molecule has 0 N–H and O–H groups in total. The van der Waals surface area contributed by atoms with Gasteiger partial charge < -0.3 is 0 Å². The van der Waals surface area contributed by atoms with Crippen molar-refractivity contribution in [2.75, 3.05) is 0 Å². The van der Waals surface area contributed by atoms with Crippen molar-refractivity contribution in [3.8, 4) is 0 Å². The van der Waals surface area contributed by atoms with Gasteiger partial charge in [0.15, 0.2) is 0 Å². The summed E-state index contributed by atoms with van der Waals surface area (Å²) >= 11 is 0. The molecule has 4 atom stereocenters. The van der Waals surface area contributed by atoms with Crippen molar-refractivity contribution in [1.29, 1.82) is 0 Å². The van der Waals surface area contributed by atoms with Crippen molar-refractivity contribution in [3.05, 3.63) is 65.2 Å². The molecule has 4 unspecified atom stereocenters. The third kappa shape index (κ3) is 3.20. The SMILES string of the molecule is Cc1cccc([Si]C2CC3CC(C2CCc2ccccc2)C3(C)C)c1C. The highest BCUT2D eigenvalue weighted by atomic mass is 28.2. The number of hydrogen-bond donors (Lipinski definition) is 0. The molecule has 0 saturated heterocycles. The number of aryl methyl sites for hydroxylation is 2. The second-order valence-electron chi connectivity index (χ2n) is 9.28. The van der Waals surface area contributed by atoms with Crippen LogP contribution in [0.1, 0.15) is 49.8 Å². The van der Waals surface area contributed by atoms with Crippen LogP contribution in [-0.2, 0) is 6.42 Å². The van der Waals surface area contributed by atoms with E-state index < -0.39 is 0 Å². The zero-order chi connectivity index (χ0) is 18.3. The average molecular weight is 361 g/mol. The van der Waals surface area contributed by atoms with Crippen LogP contribution < -0.4 is 5.19 Å². The standard InChI is InChI=1S/C25H32Si/c1-17-9-8-12-23(18(17)2)26-24-16-20-15-22(25(20,3)4)21(24)14-13-19-10-6-5-7-11-19/h5-12,20-22,24H,13-16H2,1-4H3. The number of benzene rings is 2. The first kappa shape index (κ1) is 18.0. The quantitative estimate of drug-likeness (QED) is 0.597. The van der Waals surface area contributed by atoms with Gasteiger partial charge in [0.05, 0.1) is 9.52 Å². The van der Waals surface area contributed by atoms with E-state index in [0.29, 0.717) is 5.41 Å². The Bertz CT molecular complexity index is 761. The summed E-state index contributed by atoms with van der Waals surface area (Å²) in [4.78, 5) is 0. The fourth-order valence-corrected chi connectivity index (χ4v) is 7.62. The maximum Gasteiger partial charge on any atom is 0.0849 e. The van der Waals surface area contributed by atoms with Crippen LogP contribution in [0.4, 0.5) is 0 Å².